The second kappa shape index (κ2) is 1.66. The summed E-state index contributed by atoms with van der Waals surface area (Å²) in [6.45, 7) is 0. The summed E-state index contributed by atoms with van der Waals surface area (Å²) in [5.74, 6) is 0. The highest BCUT2D eigenvalue weighted by molar-refractivity contribution is 5.71. The zero-order valence-corrected chi connectivity index (χ0v) is 4.97. The van der Waals surface area contributed by atoms with Gasteiger partial charge in [0.2, 0.25) is 0 Å². The van der Waals surface area contributed by atoms with E-state index in [9.17, 15) is 0 Å². The van der Waals surface area contributed by atoms with Crippen molar-refractivity contribution in [3.8, 4) is 0 Å². The van der Waals surface area contributed by atoms with Gasteiger partial charge in [0, 0.05) is 6.20 Å². The molecule has 0 fully saturated rings. The molecular weight excluding hydrogens is 132 g/mol. The summed E-state index contributed by atoms with van der Waals surface area (Å²) in [6, 6.07) is 0. The summed E-state index contributed by atoms with van der Waals surface area (Å²) in [4.78, 5) is 8.27. The van der Waals surface area contributed by atoms with Crippen LogP contribution in [0.5, 0.6) is 0 Å². The molecule has 0 aliphatic heterocycles. The molecule has 1 N–H and O–H groups in total. The van der Waals surface area contributed by atoms with Crippen molar-refractivity contribution in [1.29, 1.82) is 0 Å². The highest BCUT2D eigenvalue weighted by Crippen LogP contribution is 2.03. The van der Waals surface area contributed by atoms with E-state index >= 15 is 0 Å². The first kappa shape index (κ1) is 5.16. The third kappa shape index (κ3) is 0.604. The summed E-state index contributed by atoms with van der Waals surface area (Å²) >= 11 is 0. The van der Waals surface area contributed by atoms with Crippen LogP contribution in [0.3, 0.4) is 0 Å². The Morgan fingerprint density at radius 3 is 3.20 bits per heavy atom. The van der Waals surface area contributed by atoms with Gasteiger partial charge in [-0.3, -0.25) is 0 Å². The predicted octanol–water partition coefficient (Wildman–Crippen LogP) is 0.0636. The van der Waals surface area contributed by atoms with E-state index in [0.29, 0.717) is 5.65 Å². The maximum absolute atomic E-state index is 8.79. The van der Waals surface area contributed by atoms with Crippen LogP contribution in [0.2, 0.25) is 0 Å². The molecule has 0 aliphatic carbocycles. The van der Waals surface area contributed by atoms with Crippen LogP contribution >= 0.6 is 0 Å². The van der Waals surface area contributed by atoms with E-state index in [0.717, 1.165) is 10.2 Å². The van der Waals surface area contributed by atoms with Crippen molar-refractivity contribution >= 4 is 11.0 Å². The Bertz CT molecular complexity index is 322. The fraction of sp³-hybridized carbons (Fsp3) is 0. The Morgan fingerprint density at radius 1 is 1.50 bits per heavy atom. The van der Waals surface area contributed by atoms with E-state index in [2.05, 4.69) is 15.1 Å². The first-order chi connectivity index (χ1) is 4.86. The van der Waals surface area contributed by atoms with Crippen molar-refractivity contribution in [1.82, 2.24) is 19.9 Å². The minimum atomic E-state index is 0.498. The summed E-state index contributed by atoms with van der Waals surface area (Å²) < 4.78 is 0. The largest absolute Gasteiger partial charge is 0.412 e. The predicted molar refractivity (Wildman–Crippen MR) is 32.5 cm³/mol. The van der Waals surface area contributed by atoms with Crippen LogP contribution in [0, 0.1) is 0 Å². The van der Waals surface area contributed by atoms with Gasteiger partial charge in [-0.2, -0.15) is 0 Å². The third-order valence-electron chi connectivity index (χ3n) is 1.17. The van der Waals surface area contributed by atoms with Crippen LogP contribution in [-0.2, 0) is 0 Å². The lowest BCUT2D eigenvalue weighted by Gasteiger charge is -1.79. The van der Waals surface area contributed by atoms with Gasteiger partial charge in [0.15, 0.2) is 5.65 Å². The molecule has 0 bridgehead atoms. The molecule has 2 aromatic heterocycles. The third-order valence-corrected chi connectivity index (χ3v) is 1.17. The molecule has 2 heterocycles. The molecule has 0 saturated carbocycles. The fourth-order valence-corrected chi connectivity index (χ4v) is 0.759. The molecule has 0 spiro atoms. The summed E-state index contributed by atoms with van der Waals surface area (Å²) in [5.41, 5.74) is 0.498. The highest BCUT2D eigenvalue weighted by atomic mass is 16.5. The number of aromatic nitrogens is 4. The number of hydrogen-bond acceptors (Lipinski definition) is 4. The van der Waals surface area contributed by atoms with Gasteiger partial charge in [0.05, 0.1) is 11.6 Å². The Kier molecular flexibility index (Phi) is 0.858. The lowest BCUT2D eigenvalue weighted by molar-refractivity contribution is 0.151. The minimum Gasteiger partial charge on any atom is -0.412 e. The van der Waals surface area contributed by atoms with Crippen LogP contribution in [0.4, 0.5) is 0 Å². The highest BCUT2D eigenvalue weighted by Gasteiger charge is 1.97. The molecule has 0 aromatic carbocycles. The average Bonchev–Trinajstić information content (AvgIpc) is 2.27. The Hall–Kier alpha value is -1.65. The molecule has 0 atom stereocenters. The van der Waals surface area contributed by atoms with Gasteiger partial charge in [-0.25, -0.2) is 9.97 Å². The number of fused-ring (bicyclic) bond motifs is 1. The maximum Gasteiger partial charge on any atom is 0.187 e. The van der Waals surface area contributed by atoms with E-state index in [1.165, 1.54) is 12.5 Å². The zero-order valence-electron chi connectivity index (χ0n) is 4.97. The Balaban J connectivity index is 2.88. The second-order valence-corrected chi connectivity index (χ2v) is 1.85. The monoisotopic (exact) mass is 136 g/mol. The van der Waals surface area contributed by atoms with E-state index in [4.69, 9.17) is 5.21 Å². The second-order valence-electron chi connectivity index (χ2n) is 1.85. The molecule has 0 amide bonds. The minimum absolute atomic E-state index is 0.498. The van der Waals surface area contributed by atoms with Gasteiger partial charge in [-0.15, -0.1) is 9.94 Å². The van der Waals surface area contributed by atoms with E-state index in [-0.39, 0.29) is 0 Å². The van der Waals surface area contributed by atoms with E-state index < -0.39 is 0 Å². The normalized spacial score (nSPS) is 10.4. The van der Waals surface area contributed by atoms with Gasteiger partial charge in [0.25, 0.3) is 0 Å². The molecule has 10 heavy (non-hydrogen) atoms. The van der Waals surface area contributed by atoms with Crippen LogP contribution in [0.1, 0.15) is 0 Å². The van der Waals surface area contributed by atoms with Gasteiger partial charge in [-0.1, -0.05) is 0 Å². The van der Waals surface area contributed by atoms with Crippen LogP contribution in [-0.4, -0.2) is 25.1 Å². The fourth-order valence-electron chi connectivity index (χ4n) is 0.759. The first-order valence-corrected chi connectivity index (χ1v) is 2.71. The zero-order chi connectivity index (χ0) is 6.97. The topological polar surface area (TPSA) is 63.8 Å². The molecule has 5 heteroatoms. The summed E-state index contributed by atoms with van der Waals surface area (Å²) in [5, 5.41) is 13.2. The molecule has 50 valence electrons. The molecule has 2 rings (SSSR count). The number of rotatable bonds is 0. The average molecular weight is 136 g/mol. The molecule has 5 nitrogen and oxygen atoms in total. The first-order valence-electron chi connectivity index (χ1n) is 2.71. The standard InChI is InChI=1S/C5H4N4O/c10-9-2-4-1-6-3-7-5(4)8-9/h1-3,10H. The molecule has 2 aromatic rings. The van der Waals surface area contributed by atoms with Crippen molar-refractivity contribution in [3.05, 3.63) is 18.7 Å². The SMILES string of the molecule is On1cc2cncnc2n1. The molecule has 0 aliphatic rings. The summed E-state index contributed by atoms with van der Waals surface area (Å²) in [7, 11) is 0. The lowest BCUT2D eigenvalue weighted by Crippen LogP contribution is -1.87. The van der Waals surface area contributed by atoms with Crippen LogP contribution in [0.25, 0.3) is 11.0 Å². The summed E-state index contributed by atoms with van der Waals surface area (Å²) in [6.07, 6.45) is 4.41. The molecule has 0 radical (unpaired) electrons. The quantitative estimate of drug-likeness (QED) is 0.520. The molecule has 0 saturated heterocycles. The van der Waals surface area contributed by atoms with Crippen LogP contribution in [0.15, 0.2) is 18.7 Å². The van der Waals surface area contributed by atoms with Crippen molar-refractivity contribution in [3.63, 3.8) is 0 Å². The van der Waals surface area contributed by atoms with Gasteiger partial charge >= 0.3 is 0 Å². The van der Waals surface area contributed by atoms with Crippen molar-refractivity contribution < 1.29 is 5.21 Å². The van der Waals surface area contributed by atoms with Crippen molar-refractivity contribution in [2.45, 2.75) is 0 Å². The number of nitrogens with zero attached hydrogens (tertiary/aromatic N) is 4. The maximum atomic E-state index is 8.79. The van der Waals surface area contributed by atoms with Gasteiger partial charge in [-0.05, 0) is 0 Å². The van der Waals surface area contributed by atoms with Crippen LogP contribution < -0.4 is 0 Å². The van der Waals surface area contributed by atoms with Crippen molar-refractivity contribution in [2.75, 3.05) is 0 Å². The smallest absolute Gasteiger partial charge is 0.187 e. The van der Waals surface area contributed by atoms with E-state index in [1.807, 2.05) is 0 Å². The lowest BCUT2D eigenvalue weighted by atomic mass is 10.5. The number of hydrogen-bond donors (Lipinski definition) is 1. The van der Waals surface area contributed by atoms with Crippen molar-refractivity contribution in [2.24, 2.45) is 0 Å². The van der Waals surface area contributed by atoms with Gasteiger partial charge in [0.1, 0.15) is 6.33 Å². The molecular formula is C5H4N4O. The Labute approximate surface area is 55.9 Å². The molecule has 0 unspecified atom stereocenters. The van der Waals surface area contributed by atoms with Gasteiger partial charge < -0.3 is 5.21 Å². The Morgan fingerprint density at radius 2 is 2.40 bits per heavy atom. The van der Waals surface area contributed by atoms with E-state index in [1.54, 1.807) is 6.20 Å².